The Kier molecular flexibility index (Phi) is 4.86. The van der Waals surface area contributed by atoms with E-state index in [1.165, 1.54) is 0 Å². The number of rotatable bonds is 3. The first kappa shape index (κ1) is 15.1. The number of carbonyl (C=O) groups is 1. The number of pyridine rings is 1. The van der Waals surface area contributed by atoms with E-state index in [4.69, 9.17) is 23.2 Å². The smallest absolute Gasteiger partial charge is 0.259 e. The number of benzene rings is 1. The van der Waals surface area contributed by atoms with Gasteiger partial charge in [-0.3, -0.25) is 4.79 Å². The maximum Gasteiger partial charge on any atom is 0.259 e. The Morgan fingerprint density at radius 3 is 2.65 bits per heavy atom. The highest BCUT2D eigenvalue weighted by atomic mass is 79.9. The molecule has 1 aromatic carbocycles. The molecule has 2 N–H and O–H groups in total. The second kappa shape index (κ2) is 6.43. The third-order valence-corrected chi connectivity index (χ3v) is 3.69. The summed E-state index contributed by atoms with van der Waals surface area (Å²) in [5, 5.41) is 6.43. The minimum atomic E-state index is -0.290. The van der Waals surface area contributed by atoms with Crippen molar-refractivity contribution in [2.75, 3.05) is 17.7 Å². The van der Waals surface area contributed by atoms with E-state index < -0.39 is 0 Å². The normalized spacial score (nSPS) is 10.2. The molecule has 0 saturated heterocycles. The Balaban J connectivity index is 2.27. The molecule has 2 aromatic rings. The lowest BCUT2D eigenvalue weighted by Gasteiger charge is -2.10. The van der Waals surface area contributed by atoms with Crippen molar-refractivity contribution in [3.8, 4) is 0 Å². The number of hydrogen-bond acceptors (Lipinski definition) is 3. The summed E-state index contributed by atoms with van der Waals surface area (Å²) in [6.45, 7) is 0. The lowest BCUT2D eigenvalue weighted by Crippen LogP contribution is -2.14. The van der Waals surface area contributed by atoms with Crippen LogP contribution in [0.3, 0.4) is 0 Å². The van der Waals surface area contributed by atoms with Crippen molar-refractivity contribution in [2.45, 2.75) is 0 Å². The van der Waals surface area contributed by atoms with Gasteiger partial charge in [-0.1, -0.05) is 23.2 Å². The number of hydrogen-bond donors (Lipinski definition) is 2. The summed E-state index contributed by atoms with van der Waals surface area (Å²) in [7, 11) is 1.70. The number of carbonyl (C=O) groups excluding carboxylic acids is 1. The van der Waals surface area contributed by atoms with E-state index in [0.29, 0.717) is 27.1 Å². The second-order valence-corrected chi connectivity index (χ2v) is 5.61. The van der Waals surface area contributed by atoms with Gasteiger partial charge in [-0.05, 0) is 40.2 Å². The maximum absolute atomic E-state index is 12.3. The van der Waals surface area contributed by atoms with Crippen LogP contribution in [0, 0.1) is 0 Å². The van der Waals surface area contributed by atoms with E-state index in [0.717, 1.165) is 4.47 Å². The van der Waals surface area contributed by atoms with Crippen LogP contribution in [0.25, 0.3) is 0 Å². The minimum Gasteiger partial charge on any atom is -0.372 e. The molecule has 4 nitrogen and oxygen atoms in total. The Morgan fingerprint density at radius 2 is 2.00 bits per heavy atom. The largest absolute Gasteiger partial charge is 0.372 e. The van der Waals surface area contributed by atoms with Crippen LogP contribution in [-0.4, -0.2) is 17.9 Å². The predicted molar refractivity (Wildman–Crippen MR) is 85.9 cm³/mol. The van der Waals surface area contributed by atoms with E-state index >= 15 is 0 Å². The highest BCUT2D eigenvalue weighted by molar-refractivity contribution is 9.10. The Bertz CT molecular complexity index is 664. The van der Waals surface area contributed by atoms with E-state index in [9.17, 15) is 4.79 Å². The van der Waals surface area contributed by atoms with Gasteiger partial charge >= 0.3 is 0 Å². The highest BCUT2D eigenvalue weighted by Gasteiger charge is 2.13. The maximum atomic E-state index is 12.3. The van der Waals surface area contributed by atoms with Gasteiger partial charge in [0.05, 0.1) is 15.6 Å². The van der Waals surface area contributed by atoms with Crippen LogP contribution in [0.5, 0.6) is 0 Å². The lowest BCUT2D eigenvalue weighted by atomic mass is 10.2. The zero-order chi connectivity index (χ0) is 14.7. The molecular formula is C13H10BrCl2N3O. The van der Waals surface area contributed by atoms with Crippen molar-refractivity contribution in [3.05, 3.63) is 50.5 Å². The summed E-state index contributed by atoms with van der Waals surface area (Å²) in [5.74, 6) is 0.201. The van der Waals surface area contributed by atoms with Crippen molar-refractivity contribution in [1.29, 1.82) is 0 Å². The topological polar surface area (TPSA) is 54.0 Å². The molecule has 0 aliphatic rings. The number of anilines is 2. The standard InChI is InChI=1S/C13H10BrCl2N3O/c1-17-12-9(4-7(14)6-18-12)13(20)19-8-2-3-10(15)11(16)5-8/h2-6H,1H3,(H,17,18)(H,19,20). The molecule has 1 heterocycles. The Hall–Kier alpha value is -1.30. The fraction of sp³-hybridized carbons (Fsp3) is 0.0769. The van der Waals surface area contributed by atoms with Crippen molar-refractivity contribution < 1.29 is 4.79 Å². The number of nitrogens with zero attached hydrogens (tertiary/aromatic N) is 1. The van der Waals surface area contributed by atoms with E-state index in [2.05, 4.69) is 31.5 Å². The summed E-state index contributed by atoms with van der Waals surface area (Å²) in [6, 6.07) is 6.58. The summed E-state index contributed by atoms with van der Waals surface area (Å²) >= 11 is 15.0. The molecular weight excluding hydrogens is 365 g/mol. The van der Waals surface area contributed by atoms with Crippen LogP contribution in [-0.2, 0) is 0 Å². The van der Waals surface area contributed by atoms with Gasteiger partial charge in [0.25, 0.3) is 5.91 Å². The molecule has 0 atom stereocenters. The molecule has 7 heteroatoms. The number of halogens is 3. The van der Waals surface area contributed by atoms with Crippen LogP contribution in [0.4, 0.5) is 11.5 Å². The lowest BCUT2D eigenvalue weighted by molar-refractivity contribution is 0.102. The molecule has 0 aliphatic carbocycles. The predicted octanol–water partition coefficient (Wildman–Crippen LogP) is 4.44. The molecule has 20 heavy (non-hydrogen) atoms. The summed E-state index contributed by atoms with van der Waals surface area (Å²) < 4.78 is 0.718. The van der Waals surface area contributed by atoms with E-state index in [-0.39, 0.29) is 5.91 Å². The Labute approximate surface area is 134 Å². The van der Waals surface area contributed by atoms with Gasteiger partial charge in [-0.15, -0.1) is 0 Å². The average Bonchev–Trinajstić information content (AvgIpc) is 2.43. The number of amides is 1. The summed E-state index contributed by atoms with van der Waals surface area (Å²) in [5.41, 5.74) is 0.986. The average molecular weight is 375 g/mol. The zero-order valence-corrected chi connectivity index (χ0v) is 13.5. The highest BCUT2D eigenvalue weighted by Crippen LogP contribution is 2.26. The monoisotopic (exact) mass is 373 g/mol. The third kappa shape index (κ3) is 3.42. The molecule has 0 aliphatic heterocycles. The second-order valence-electron chi connectivity index (χ2n) is 3.88. The number of aromatic nitrogens is 1. The van der Waals surface area contributed by atoms with Crippen molar-refractivity contribution in [1.82, 2.24) is 4.98 Å². The van der Waals surface area contributed by atoms with E-state index in [1.54, 1.807) is 37.5 Å². The van der Waals surface area contributed by atoms with Crippen molar-refractivity contribution in [3.63, 3.8) is 0 Å². The van der Waals surface area contributed by atoms with Gasteiger partial charge in [0.2, 0.25) is 0 Å². The fourth-order valence-corrected chi connectivity index (χ4v) is 2.21. The van der Waals surface area contributed by atoms with Crippen LogP contribution < -0.4 is 10.6 Å². The molecule has 0 unspecified atom stereocenters. The van der Waals surface area contributed by atoms with Gasteiger partial charge < -0.3 is 10.6 Å². The molecule has 2 rings (SSSR count). The quantitative estimate of drug-likeness (QED) is 0.834. The number of nitrogens with one attached hydrogen (secondary N) is 2. The zero-order valence-electron chi connectivity index (χ0n) is 10.4. The molecule has 0 radical (unpaired) electrons. The van der Waals surface area contributed by atoms with Crippen molar-refractivity contribution >= 4 is 56.5 Å². The summed E-state index contributed by atoms with van der Waals surface area (Å²) in [6.07, 6.45) is 1.61. The van der Waals surface area contributed by atoms with Gasteiger partial charge in [-0.25, -0.2) is 4.98 Å². The third-order valence-electron chi connectivity index (χ3n) is 2.51. The molecule has 0 fully saturated rings. The first-order valence-corrected chi connectivity index (χ1v) is 7.16. The van der Waals surface area contributed by atoms with Crippen molar-refractivity contribution in [2.24, 2.45) is 0 Å². The van der Waals surface area contributed by atoms with Crippen LogP contribution in [0.2, 0.25) is 10.0 Å². The molecule has 104 valence electrons. The molecule has 0 spiro atoms. The SMILES string of the molecule is CNc1ncc(Br)cc1C(=O)Nc1ccc(Cl)c(Cl)c1. The van der Waals surface area contributed by atoms with Crippen LogP contribution in [0.1, 0.15) is 10.4 Å². The van der Waals surface area contributed by atoms with Crippen LogP contribution >= 0.6 is 39.1 Å². The van der Waals surface area contributed by atoms with Gasteiger partial charge in [-0.2, -0.15) is 0 Å². The molecule has 0 saturated carbocycles. The van der Waals surface area contributed by atoms with Gasteiger partial charge in [0.1, 0.15) is 5.82 Å². The minimum absolute atomic E-state index is 0.290. The van der Waals surface area contributed by atoms with Crippen LogP contribution in [0.15, 0.2) is 34.9 Å². The molecule has 1 amide bonds. The van der Waals surface area contributed by atoms with Gasteiger partial charge in [0, 0.05) is 23.4 Å². The summed E-state index contributed by atoms with van der Waals surface area (Å²) in [4.78, 5) is 16.4. The molecule has 0 bridgehead atoms. The fourth-order valence-electron chi connectivity index (χ4n) is 1.58. The Morgan fingerprint density at radius 1 is 1.25 bits per heavy atom. The van der Waals surface area contributed by atoms with E-state index in [1.807, 2.05) is 0 Å². The first-order chi connectivity index (χ1) is 9.51. The van der Waals surface area contributed by atoms with Gasteiger partial charge in [0.15, 0.2) is 0 Å². The first-order valence-electron chi connectivity index (χ1n) is 5.61. The molecule has 1 aromatic heterocycles.